The van der Waals surface area contributed by atoms with Gasteiger partial charge in [0.25, 0.3) is 5.69 Å². The summed E-state index contributed by atoms with van der Waals surface area (Å²) in [5.41, 5.74) is 0.0385. The standard InChI is InChI=1S/C17H16F2N2O4S2/c18-12-1-6-16(19)15(11-12)17-7-8-20(9-10-26-17)27(24,25)14-4-2-13(3-5-14)21(22)23/h1-6,11,17H,7-10H2. The first-order chi connectivity index (χ1) is 12.8. The van der Waals surface area contributed by atoms with Crippen LogP contribution in [0.1, 0.15) is 17.2 Å². The third kappa shape index (κ3) is 4.28. The zero-order valence-corrected chi connectivity index (χ0v) is 15.7. The molecule has 2 aromatic carbocycles. The van der Waals surface area contributed by atoms with Crippen molar-refractivity contribution in [3.05, 3.63) is 69.8 Å². The van der Waals surface area contributed by atoms with Crippen molar-refractivity contribution in [2.24, 2.45) is 0 Å². The van der Waals surface area contributed by atoms with Crippen molar-refractivity contribution in [1.82, 2.24) is 4.31 Å². The molecule has 0 amide bonds. The topological polar surface area (TPSA) is 80.5 Å². The van der Waals surface area contributed by atoms with Crippen LogP contribution in [0.25, 0.3) is 0 Å². The van der Waals surface area contributed by atoms with Gasteiger partial charge in [-0.25, -0.2) is 17.2 Å². The summed E-state index contributed by atoms with van der Waals surface area (Å²) in [6.07, 6.45) is 0.331. The van der Waals surface area contributed by atoms with Gasteiger partial charge in [-0.05, 0) is 36.8 Å². The van der Waals surface area contributed by atoms with E-state index in [1.807, 2.05) is 0 Å². The van der Waals surface area contributed by atoms with Crippen LogP contribution < -0.4 is 0 Å². The molecule has 1 unspecified atom stereocenters. The van der Waals surface area contributed by atoms with Crippen LogP contribution in [0.3, 0.4) is 0 Å². The van der Waals surface area contributed by atoms with E-state index in [1.54, 1.807) is 0 Å². The number of nitro benzene ring substituents is 1. The van der Waals surface area contributed by atoms with Gasteiger partial charge in [0.1, 0.15) is 11.6 Å². The molecule has 1 fully saturated rings. The fourth-order valence-electron chi connectivity index (χ4n) is 2.89. The number of benzene rings is 2. The average molecular weight is 414 g/mol. The molecule has 0 N–H and O–H groups in total. The van der Waals surface area contributed by atoms with Crippen molar-refractivity contribution in [1.29, 1.82) is 0 Å². The molecule has 0 bridgehead atoms. The van der Waals surface area contributed by atoms with Crippen LogP contribution in [0.15, 0.2) is 47.4 Å². The zero-order valence-electron chi connectivity index (χ0n) is 14.0. The molecule has 27 heavy (non-hydrogen) atoms. The van der Waals surface area contributed by atoms with Gasteiger partial charge in [-0.3, -0.25) is 10.1 Å². The minimum absolute atomic E-state index is 0.0338. The monoisotopic (exact) mass is 414 g/mol. The molecule has 0 spiro atoms. The summed E-state index contributed by atoms with van der Waals surface area (Å²) in [6, 6.07) is 7.96. The molecule has 144 valence electrons. The molecule has 1 atom stereocenters. The Labute approximate surface area is 159 Å². The third-order valence-electron chi connectivity index (χ3n) is 4.29. The maximum absolute atomic E-state index is 14.0. The first kappa shape index (κ1) is 19.7. The minimum Gasteiger partial charge on any atom is -0.258 e. The van der Waals surface area contributed by atoms with E-state index in [0.717, 1.165) is 30.3 Å². The quantitative estimate of drug-likeness (QED) is 0.562. The molecule has 3 rings (SSSR count). The number of thioether (sulfide) groups is 1. The molecular weight excluding hydrogens is 398 g/mol. The molecular formula is C17H16F2N2O4S2. The van der Waals surface area contributed by atoms with E-state index in [2.05, 4.69) is 0 Å². The number of rotatable bonds is 4. The lowest BCUT2D eigenvalue weighted by atomic mass is 10.1. The smallest absolute Gasteiger partial charge is 0.258 e. The van der Waals surface area contributed by atoms with Crippen LogP contribution in [0.2, 0.25) is 0 Å². The number of halogens is 2. The van der Waals surface area contributed by atoms with Gasteiger partial charge in [0.2, 0.25) is 10.0 Å². The van der Waals surface area contributed by atoms with Gasteiger partial charge in [-0.1, -0.05) is 0 Å². The number of nitro groups is 1. The molecule has 6 nitrogen and oxygen atoms in total. The van der Waals surface area contributed by atoms with Crippen molar-refractivity contribution in [3.8, 4) is 0 Å². The summed E-state index contributed by atoms with van der Waals surface area (Å²) in [4.78, 5) is 10.1. The normalized spacial score (nSPS) is 18.8. The second kappa shape index (κ2) is 7.91. The van der Waals surface area contributed by atoms with Gasteiger partial charge in [0, 0.05) is 41.8 Å². The Morgan fingerprint density at radius 2 is 1.81 bits per heavy atom. The summed E-state index contributed by atoms with van der Waals surface area (Å²) >= 11 is 1.38. The molecule has 0 aliphatic carbocycles. The fourth-order valence-corrected chi connectivity index (χ4v) is 5.70. The van der Waals surface area contributed by atoms with E-state index in [1.165, 1.54) is 28.2 Å². The van der Waals surface area contributed by atoms with E-state index < -0.39 is 26.6 Å². The van der Waals surface area contributed by atoms with Crippen LogP contribution >= 0.6 is 11.8 Å². The molecule has 1 saturated heterocycles. The van der Waals surface area contributed by atoms with Crippen molar-refractivity contribution in [2.45, 2.75) is 16.6 Å². The van der Waals surface area contributed by atoms with Crippen LogP contribution in [0.5, 0.6) is 0 Å². The van der Waals surface area contributed by atoms with Crippen molar-refractivity contribution < 1.29 is 22.1 Å². The maximum Gasteiger partial charge on any atom is 0.269 e. The predicted octanol–water partition coefficient (Wildman–Crippen LogP) is 3.74. The van der Waals surface area contributed by atoms with Gasteiger partial charge in [0.05, 0.1) is 9.82 Å². The molecule has 1 aliphatic heterocycles. The number of sulfonamides is 1. The Balaban J connectivity index is 1.78. The van der Waals surface area contributed by atoms with Crippen molar-refractivity contribution in [2.75, 3.05) is 18.8 Å². The molecule has 0 radical (unpaired) electrons. The number of non-ortho nitro benzene ring substituents is 1. The van der Waals surface area contributed by atoms with Crippen molar-refractivity contribution >= 4 is 27.5 Å². The molecule has 10 heteroatoms. The first-order valence-corrected chi connectivity index (χ1v) is 10.6. The molecule has 1 aliphatic rings. The highest BCUT2D eigenvalue weighted by atomic mass is 32.2. The summed E-state index contributed by atoms with van der Waals surface area (Å²) in [5, 5.41) is 10.4. The summed E-state index contributed by atoms with van der Waals surface area (Å²) in [7, 11) is -3.82. The van der Waals surface area contributed by atoms with Gasteiger partial charge < -0.3 is 0 Å². The molecule has 2 aromatic rings. The summed E-state index contributed by atoms with van der Waals surface area (Å²) < 4.78 is 54.3. The van der Waals surface area contributed by atoms with E-state index >= 15 is 0 Å². The van der Waals surface area contributed by atoms with Crippen LogP contribution in [-0.2, 0) is 10.0 Å². The van der Waals surface area contributed by atoms with E-state index in [9.17, 15) is 27.3 Å². The van der Waals surface area contributed by atoms with Crippen LogP contribution in [0.4, 0.5) is 14.5 Å². The SMILES string of the molecule is O=[N+]([O-])c1ccc(S(=O)(=O)N2CCSC(c3cc(F)ccc3F)CC2)cc1. The lowest BCUT2D eigenvalue weighted by molar-refractivity contribution is -0.384. The van der Waals surface area contributed by atoms with Gasteiger partial charge >= 0.3 is 0 Å². The summed E-state index contributed by atoms with van der Waals surface area (Å²) in [6.45, 7) is 0.365. The second-order valence-corrected chi connectivity index (χ2v) is 9.22. The Morgan fingerprint density at radius 3 is 2.48 bits per heavy atom. The van der Waals surface area contributed by atoms with E-state index in [0.29, 0.717) is 12.2 Å². The fraction of sp³-hybridized carbons (Fsp3) is 0.294. The first-order valence-electron chi connectivity index (χ1n) is 8.10. The summed E-state index contributed by atoms with van der Waals surface area (Å²) in [5.74, 6) is -0.625. The lowest BCUT2D eigenvalue weighted by Gasteiger charge is -2.20. The van der Waals surface area contributed by atoms with Gasteiger partial charge in [0.15, 0.2) is 0 Å². The Kier molecular flexibility index (Phi) is 5.78. The lowest BCUT2D eigenvalue weighted by Crippen LogP contribution is -2.33. The third-order valence-corrected chi connectivity index (χ3v) is 7.51. The highest BCUT2D eigenvalue weighted by Crippen LogP contribution is 2.37. The average Bonchev–Trinajstić information content (AvgIpc) is 2.90. The minimum atomic E-state index is -3.82. The zero-order chi connectivity index (χ0) is 19.6. The highest BCUT2D eigenvalue weighted by Gasteiger charge is 2.29. The van der Waals surface area contributed by atoms with Crippen LogP contribution in [-0.4, -0.2) is 36.5 Å². The predicted molar refractivity (Wildman–Crippen MR) is 98.0 cm³/mol. The number of hydrogen-bond donors (Lipinski definition) is 0. The Bertz CT molecular complexity index is 952. The number of hydrogen-bond acceptors (Lipinski definition) is 5. The Morgan fingerprint density at radius 1 is 1.11 bits per heavy atom. The highest BCUT2D eigenvalue weighted by molar-refractivity contribution is 7.99. The Hall–Kier alpha value is -2.04. The van der Waals surface area contributed by atoms with Crippen molar-refractivity contribution in [3.63, 3.8) is 0 Å². The molecule has 0 saturated carbocycles. The molecule has 1 heterocycles. The second-order valence-electron chi connectivity index (χ2n) is 5.97. The molecule has 0 aromatic heterocycles. The van der Waals surface area contributed by atoms with E-state index in [4.69, 9.17) is 0 Å². The van der Waals surface area contributed by atoms with Gasteiger partial charge in [-0.2, -0.15) is 16.1 Å². The van der Waals surface area contributed by atoms with Crippen LogP contribution in [0, 0.1) is 21.7 Å². The largest absolute Gasteiger partial charge is 0.269 e. The van der Waals surface area contributed by atoms with E-state index in [-0.39, 0.29) is 34.5 Å². The maximum atomic E-state index is 14.0. The number of nitrogens with zero attached hydrogens (tertiary/aromatic N) is 2. The van der Waals surface area contributed by atoms with Gasteiger partial charge in [-0.15, -0.1) is 0 Å².